The number of hydrogen-bond acceptors (Lipinski definition) is 6. The van der Waals surface area contributed by atoms with Gasteiger partial charge in [0.25, 0.3) is 0 Å². The van der Waals surface area contributed by atoms with E-state index in [0.29, 0.717) is 0 Å². The summed E-state index contributed by atoms with van der Waals surface area (Å²) in [5, 5.41) is 13.3. The van der Waals surface area contributed by atoms with Crippen molar-refractivity contribution >= 4 is 0 Å². The molecule has 9 heteroatoms. The van der Waals surface area contributed by atoms with E-state index in [0.717, 1.165) is 12.1 Å². The number of hydrogen-bond donors (Lipinski definition) is 2. The molecule has 108 valence electrons. The van der Waals surface area contributed by atoms with Crippen molar-refractivity contribution in [1.82, 2.24) is 10.1 Å². The number of rotatable bonds is 3. The number of phenolic OH excluding ortho intramolecular Hbond substituents is 1. The van der Waals surface area contributed by atoms with Crippen LogP contribution in [0.3, 0.4) is 0 Å². The van der Waals surface area contributed by atoms with Gasteiger partial charge >= 0.3 is 6.18 Å². The SMILES string of the molecule is COc1ccc(C(F)(F)F)c(-c2noc(CN)n2)c1O. The van der Waals surface area contributed by atoms with Gasteiger partial charge in [-0.3, -0.25) is 0 Å². The average Bonchev–Trinajstić information content (AvgIpc) is 2.85. The van der Waals surface area contributed by atoms with E-state index in [1.54, 1.807) is 0 Å². The molecule has 0 aliphatic rings. The molecule has 2 aromatic rings. The van der Waals surface area contributed by atoms with Gasteiger partial charge in [0.05, 0.1) is 24.8 Å². The van der Waals surface area contributed by atoms with Crippen molar-refractivity contribution in [3.63, 3.8) is 0 Å². The Morgan fingerprint density at radius 1 is 1.40 bits per heavy atom. The van der Waals surface area contributed by atoms with Gasteiger partial charge in [-0.1, -0.05) is 5.16 Å². The van der Waals surface area contributed by atoms with Crippen molar-refractivity contribution in [2.45, 2.75) is 12.7 Å². The molecule has 20 heavy (non-hydrogen) atoms. The second-order valence-corrected chi connectivity index (χ2v) is 3.75. The number of phenols is 1. The van der Waals surface area contributed by atoms with Crippen LogP contribution < -0.4 is 10.5 Å². The molecule has 0 saturated heterocycles. The second kappa shape index (κ2) is 5.00. The van der Waals surface area contributed by atoms with Crippen LogP contribution in [-0.4, -0.2) is 22.4 Å². The van der Waals surface area contributed by atoms with Gasteiger partial charge in [0, 0.05) is 0 Å². The molecule has 0 unspecified atom stereocenters. The van der Waals surface area contributed by atoms with Gasteiger partial charge in [0.2, 0.25) is 11.7 Å². The van der Waals surface area contributed by atoms with Crippen molar-refractivity contribution in [1.29, 1.82) is 0 Å². The topological polar surface area (TPSA) is 94.4 Å². The first-order valence-electron chi connectivity index (χ1n) is 5.38. The third-order valence-electron chi connectivity index (χ3n) is 2.53. The zero-order chi connectivity index (χ0) is 14.9. The molecule has 1 heterocycles. The zero-order valence-corrected chi connectivity index (χ0v) is 10.2. The molecule has 0 aliphatic heterocycles. The molecule has 1 aromatic heterocycles. The van der Waals surface area contributed by atoms with Crippen molar-refractivity contribution < 1.29 is 27.5 Å². The highest BCUT2D eigenvalue weighted by molar-refractivity contribution is 5.72. The fraction of sp³-hybridized carbons (Fsp3) is 0.273. The summed E-state index contributed by atoms with van der Waals surface area (Å²) in [6.45, 7) is -0.126. The van der Waals surface area contributed by atoms with E-state index in [-0.39, 0.29) is 18.2 Å². The minimum atomic E-state index is -4.69. The third-order valence-corrected chi connectivity index (χ3v) is 2.53. The molecular weight excluding hydrogens is 279 g/mol. The van der Waals surface area contributed by atoms with Crippen LogP contribution in [0.4, 0.5) is 13.2 Å². The largest absolute Gasteiger partial charge is 0.504 e. The summed E-state index contributed by atoms with van der Waals surface area (Å²) in [7, 11) is 1.22. The maximum Gasteiger partial charge on any atom is 0.417 e. The number of alkyl halides is 3. The van der Waals surface area contributed by atoms with Crippen LogP contribution in [0.25, 0.3) is 11.4 Å². The number of nitrogens with zero attached hydrogens (tertiary/aromatic N) is 2. The summed E-state index contributed by atoms with van der Waals surface area (Å²) >= 11 is 0. The molecule has 1 aromatic carbocycles. The summed E-state index contributed by atoms with van der Waals surface area (Å²) in [6.07, 6.45) is -4.69. The monoisotopic (exact) mass is 289 g/mol. The lowest BCUT2D eigenvalue weighted by atomic mass is 10.0. The van der Waals surface area contributed by atoms with E-state index >= 15 is 0 Å². The number of benzene rings is 1. The number of halogens is 3. The molecule has 0 fully saturated rings. The smallest absolute Gasteiger partial charge is 0.417 e. The third kappa shape index (κ3) is 2.39. The number of aromatic nitrogens is 2. The van der Waals surface area contributed by atoms with Gasteiger partial charge in [-0.05, 0) is 12.1 Å². The Hall–Kier alpha value is -2.29. The minimum Gasteiger partial charge on any atom is -0.504 e. The van der Waals surface area contributed by atoms with Crippen LogP contribution in [0.1, 0.15) is 11.5 Å². The molecule has 0 saturated carbocycles. The molecule has 0 amide bonds. The van der Waals surface area contributed by atoms with E-state index in [1.807, 2.05) is 0 Å². The number of ether oxygens (including phenoxy) is 1. The van der Waals surface area contributed by atoms with Crippen LogP contribution in [-0.2, 0) is 12.7 Å². The Balaban J connectivity index is 2.70. The fourth-order valence-corrected chi connectivity index (χ4v) is 1.64. The highest BCUT2D eigenvalue weighted by Gasteiger charge is 2.37. The van der Waals surface area contributed by atoms with Crippen molar-refractivity contribution in [3.05, 3.63) is 23.6 Å². The van der Waals surface area contributed by atoms with E-state index in [9.17, 15) is 18.3 Å². The van der Waals surface area contributed by atoms with Crippen LogP contribution in [0.15, 0.2) is 16.7 Å². The van der Waals surface area contributed by atoms with Gasteiger partial charge in [-0.2, -0.15) is 18.2 Å². The van der Waals surface area contributed by atoms with Gasteiger partial charge in [0.1, 0.15) is 0 Å². The first-order valence-corrected chi connectivity index (χ1v) is 5.38. The molecule has 6 nitrogen and oxygen atoms in total. The van der Waals surface area contributed by atoms with Gasteiger partial charge in [-0.15, -0.1) is 0 Å². The van der Waals surface area contributed by atoms with Crippen molar-refractivity contribution in [2.24, 2.45) is 5.73 Å². The summed E-state index contributed by atoms with van der Waals surface area (Å²) in [4.78, 5) is 3.69. The van der Waals surface area contributed by atoms with Crippen LogP contribution in [0, 0.1) is 0 Å². The lowest BCUT2D eigenvalue weighted by Gasteiger charge is -2.14. The van der Waals surface area contributed by atoms with Gasteiger partial charge in [-0.25, -0.2) is 0 Å². The summed E-state index contributed by atoms with van der Waals surface area (Å²) in [5.41, 5.74) is 3.55. The van der Waals surface area contributed by atoms with Crippen LogP contribution in [0.2, 0.25) is 0 Å². The molecule has 2 rings (SSSR count). The zero-order valence-electron chi connectivity index (χ0n) is 10.2. The fourth-order valence-electron chi connectivity index (χ4n) is 1.64. The maximum absolute atomic E-state index is 13.0. The Morgan fingerprint density at radius 3 is 2.60 bits per heavy atom. The lowest BCUT2D eigenvalue weighted by molar-refractivity contribution is -0.137. The Kier molecular flexibility index (Phi) is 3.53. The molecule has 0 radical (unpaired) electrons. The Morgan fingerprint density at radius 2 is 2.10 bits per heavy atom. The average molecular weight is 289 g/mol. The maximum atomic E-state index is 13.0. The lowest BCUT2D eigenvalue weighted by Crippen LogP contribution is -2.08. The molecule has 0 aliphatic carbocycles. The normalized spacial score (nSPS) is 11.7. The molecular formula is C11H10F3N3O3. The van der Waals surface area contributed by atoms with E-state index < -0.39 is 28.9 Å². The van der Waals surface area contributed by atoms with E-state index in [1.165, 1.54) is 7.11 Å². The predicted octanol–water partition coefficient (Wildman–Crippen LogP) is 1.93. The molecule has 3 N–H and O–H groups in total. The summed E-state index contributed by atoms with van der Waals surface area (Å²) in [5.74, 6) is -1.30. The van der Waals surface area contributed by atoms with Crippen molar-refractivity contribution in [2.75, 3.05) is 7.11 Å². The molecule has 0 bridgehead atoms. The Bertz CT molecular complexity index is 625. The van der Waals surface area contributed by atoms with Gasteiger partial charge < -0.3 is 20.1 Å². The van der Waals surface area contributed by atoms with Crippen LogP contribution in [0.5, 0.6) is 11.5 Å². The standard InChI is InChI=1S/C11H10F3N3O3/c1-19-6-3-2-5(11(12,13)14)8(9(6)18)10-16-7(4-15)20-17-10/h2-3,18H,4,15H2,1H3. The van der Waals surface area contributed by atoms with E-state index in [2.05, 4.69) is 14.7 Å². The summed E-state index contributed by atoms with van der Waals surface area (Å²) in [6, 6.07) is 1.78. The molecule has 0 spiro atoms. The highest BCUT2D eigenvalue weighted by Crippen LogP contribution is 2.44. The van der Waals surface area contributed by atoms with E-state index in [4.69, 9.17) is 10.5 Å². The number of nitrogens with two attached hydrogens (primary N) is 1. The quantitative estimate of drug-likeness (QED) is 0.896. The minimum absolute atomic E-state index is 0.0460. The second-order valence-electron chi connectivity index (χ2n) is 3.75. The number of methoxy groups -OCH3 is 1. The number of aromatic hydroxyl groups is 1. The van der Waals surface area contributed by atoms with Gasteiger partial charge in [0.15, 0.2) is 11.5 Å². The van der Waals surface area contributed by atoms with Crippen LogP contribution >= 0.6 is 0 Å². The Labute approximate surface area is 111 Å². The summed E-state index contributed by atoms with van der Waals surface area (Å²) < 4.78 is 48.4. The first kappa shape index (κ1) is 14.1. The highest BCUT2D eigenvalue weighted by atomic mass is 19.4. The first-order chi connectivity index (χ1) is 9.38. The van der Waals surface area contributed by atoms with Crippen molar-refractivity contribution in [3.8, 4) is 22.9 Å². The predicted molar refractivity (Wildman–Crippen MR) is 60.8 cm³/mol. The molecule has 0 atom stereocenters.